The Hall–Kier alpha value is -0.160. The molecule has 1 aliphatic rings. The van der Waals surface area contributed by atoms with Gasteiger partial charge in [-0.05, 0) is 52.5 Å². The van der Waals surface area contributed by atoms with Crippen molar-refractivity contribution in [1.29, 1.82) is 0 Å². The third kappa shape index (κ3) is 7.02. The van der Waals surface area contributed by atoms with Crippen LogP contribution in [-0.2, 0) is 9.47 Å². The number of methoxy groups -OCH3 is 1. The highest BCUT2D eigenvalue weighted by molar-refractivity contribution is 4.87. The maximum absolute atomic E-state index is 5.35. The second-order valence-corrected chi connectivity index (χ2v) is 5.91. The second kappa shape index (κ2) is 10.6. The molecule has 0 saturated heterocycles. The van der Waals surface area contributed by atoms with E-state index in [1.165, 1.54) is 12.8 Å². The van der Waals surface area contributed by atoms with Crippen molar-refractivity contribution in [3.05, 3.63) is 0 Å². The Morgan fingerprint density at radius 3 is 2.60 bits per heavy atom. The topological polar surface area (TPSA) is 33.7 Å². The molecule has 2 atom stereocenters. The van der Waals surface area contributed by atoms with E-state index in [0.29, 0.717) is 12.1 Å². The van der Waals surface area contributed by atoms with Gasteiger partial charge in [-0.15, -0.1) is 0 Å². The summed E-state index contributed by atoms with van der Waals surface area (Å²) in [7, 11) is 1.79. The zero-order chi connectivity index (χ0) is 14.8. The number of ether oxygens (including phenoxy) is 2. The summed E-state index contributed by atoms with van der Waals surface area (Å²) in [6, 6.07) is 1.25. The van der Waals surface area contributed by atoms with Crippen molar-refractivity contribution in [2.24, 2.45) is 5.92 Å². The normalized spacial score (nSPS) is 18.4. The quantitative estimate of drug-likeness (QED) is 0.526. The molecule has 0 aromatic carbocycles. The molecular formula is C16H34N2O2. The first-order valence-electron chi connectivity index (χ1n) is 8.23. The average Bonchev–Trinajstić information content (AvgIpc) is 3.27. The summed E-state index contributed by atoms with van der Waals surface area (Å²) >= 11 is 0. The summed E-state index contributed by atoms with van der Waals surface area (Å²) in [5.74, 6) is 0.910. The molecule has 20 heavy (non-hydrogen) atoms. The molecule has 1 rings (SSSR count). The molecule has 2 unspecified atom stereocenters. The van der Waals surface area contributed by atoms with Gasteiger partial charge in [0.2, 0.25) is 0 Å². The van der Waals surface area contributed by atoms with Gasteiger partial charge in [0.1, 0.15) is 0 Å². The van der Waals surface area contributed by atoms with Crippen molar-refractivity contribution in [3.8, 4) is 0 Å². The number of hydrogen-bond donors (Lipinski definition) is 1. The molecule has 0 amide bonds. The smallest absolute Gasteiger partial charge is 0.0589 e. The molecule has 0 radical (unpaired) electrons. The Morgan fingerprint density at radius 1 is 1.25 bits per heavy atom. The Balaban J connectivity index is 2.21. The second-order valence-electron chi connectivity index (χ2n) is 5.91. The lowest BCUT2D eigenvalue weighted by Gasteiger charge is -2.35. The predicted molar refractivity (Wildman–Crippen MR) is 84.2 cm³/mol. The van der Waals surface area contributed by atoms with Crippen LogP contribution in [0.25, 0.3) is 0 Å². The van der Waals surface area contributed by atoms with E-state index in [0.717, 1.165) is 51.8 Å². The molecule has 4 heteroatoms. The molecule has 120 valence electrons. The van der Waals surface area contributed by atoms with Crippen LogP contribution in [0.15, 0.2) is 0 Å². The van der Waals surface area contributed by atoms with Crippen LogP contribution in [0.1, 0.15) is 40.0 Å². The summed E-state index contributed by atoms with van der Waals surface area (Å²) in [6.07, 6.45) is 3.90. The molecule has 0 bridgehead atoms. The van der Waals surface area contributed by atoms with E-state index in [-0.39, 0.29) is 0 Å². The van der Waals surface area contributed by atoms with Gasteiger partial charge in [-0.1, -0.05) is 0 Å². The molecule has 1 N–H and O–H groups in total. The van der Waals surface area contributed by atoms with Crippen molar-refractivity contribution in [2.75, 3.05) is 46.6 Å². The van der Waals surface area contributed by atoms with Crippen molar-refractivity contribution >= 4 is 0 Å². The predicted octanol–water partition coefficient (Wildman–Crippen LogP) is 2.14. The lowest BCUT2D eigenvalue weighted by molar-refractivity contribution is 0.0863. The van der Waals surface area contributed by atoms with Crippen LogP contribution < -0.4 is 5.32 Å². The van der Waals surface area contributed by atoms with Gasteiger partial charge in [-0.3, -0.25) is 4.90 Å². The summed E-state index contributed by atoms with van der Waals surface area (Å²) in [5.41, 5.74) is 0. The zero-order valence-electron chi connectivity index (χ0n) is 13.9. The SMILES string of the molecule is CCOCCCNCC(C)N(CCOC)C(C)C1CC1. The van der Waals surface area contributed by atoms with Crippen LogP contribution in [-0.4, -0.2) is 63.5 Å². The largest absolute Gasteiger partial charge is 0.383 e. The van der Waals surface area contributed by atoms with Crippen LogP contribution in [0.2, 0.25) is 0 Å². The molecule has 1 saturated carbocycles. The fraction of sp³-hybridized carbons (Fsp3) is 1.00. The highest BCUT2D eigenvalue weighted by Gasteiger charge is 2.33. The first-order valence-corrected chi connectivity index (χ1v) is 8.23. The maximum Gasteiger partial charge on any atom is 0.0589 e. The Kier molecular flexibility index (Phi) is 9.44. The van der Waals surface area contributed by atoms with Gasteiger partial charge in [-0.25, -0.2) is 0 Å². The van der Waals surface area contributed by atoms with Gasteiger partial charge in [0.15, 0.2) is 0 Å². The van der Waals surface area contributed by atoms with Crippen molar-refractivity contribution in [1.82, 2.24) is 10.2 Å². The van der Waals surface area contributed by atoms with E-state index in [1.807, 2.05) is 6.92 Å². The molecule has 0 spiro atoms. The number of nitrogens with one attached hydrogen (secondary N) is 1. The van der Waals surface area contributed by atoms with Gasteiger partial charge < -0.3 is 14.8 Å². The van der Waals surface area contributed by atoms with Gasteiger partial charge in [0.05, 0.1) is 6.61 Å². The molecule has 0 heterocycles. The van der Waals surface area contributed by atoms with E-state index in [1.54, 1.807) is 7.11 Å². The van der Waals surface area contributed by atoms with E-state index >= 15 is 0 Å². The van der Waals surface area contributed by atoms with E-state index in [2.05, 4.69) is 24.1 Å². The highest BCUT2D eigenvalue weighted by Crippen LogP contribution is 2.35. The van der Waals surface area contributed by atoms with Crippen molar-refractivity contribution < 1.29 is 9.47 Å². The summed E-state index contributed by atoms with van der Waals surface area (Å²) in [4.78, 5) is 2.61. The number of nitrogens with zero attached hydrogens (tertiary/aromatic N) is 1. The first kappa shape index (κ1) is 17.9. The van der Waals surface area contributed by atoms with E-state index in [9.17, 15) is 0 Å². The third-order valence-corrected chi connectivity index (χ3v) is 4.23. The van der Waals surface area contributed by atoms with Crippen LogP contribution in [0.4, 0.5) is 0 Å². The average molecular weight is 286 g/mol. The van der Waals surface area contributed by atoms with Gasteiger partial charge in [-0.2, -0.15) is 0 Å². The minimum Gasteiger partial charge on any atom is -0.383 e. The maximum atomic E-state index is 5.35. The summed E-state index contributed by atoms with van der Waals surface area (Å²) < 4.78 is 10.6. The van der Waals surface area contributed by atoms with E-state index < -0.39 is 0 Å². The van der Waals surface area contributed by atoms with Crippen LogP contribution in [0.5, 0.6) is 0 Å². The molecule has 0 aliphatic heterocycles. The summed E-state index contributed by atoms with van der Waals surface area (Å²) in [6.45, 7) is 12.4. The van der Waals surface area contributed by atoms with Crippen LogP contribution >= 0.6 is 0 Å². The minimum absolute atomic E-state index is 0.563. The minimum atomic E-state index is 0.563. The highest BCUT2D eigenvalue weighted by atomic mass is 16.5. The van der Waals surface area contributed by atoms with Gasteiger partial charge in [0, 0.05) is 45.5 Å². The Labute approximate surface area is 125 Å². The zero-order valence-corrected chi connectivity index (χ0v) is 13.9. The molecule has 4 nitrogen and oxygen atoms in total. The monoisotopic (exact) mass is 286 g/mol. The molecule has 1 fully saturated rings. The van der Waals surface area contributed by atoms with Crippen molar-refractivity contribution in [3.63, 3.8) is 0 Å². The number of rotatable bonds is 13. The molecule has 0 aromatic rings. The Morgan fingerprint density at radius 2 is 2.00 bits per heavy atom. The van der Waals surface area contributed by atoms with Gasteiger partial charge >= 0.3 is 0 Å². The lowest BCUT2D eigenvalue weighted by atomic mass is 10.1. The molecule has 1 aliphatic carbocycles. The fourth-order valence-electron chi connectivity index (χ4n) is 2.74. The Bertz CT molecular complexity index is 235. The third-order valence-electron chi connectivity index (χ3n) is 4.23. The molecule has 0 aromatic heterocycles. The van der Waals surface area contributed by atoms with Crippen LogP contribution in [0, 0.1) is 5.92 Å². The lowest BCUT2D eigenvalue weighted by Crippen LogP contribution is -2.47. The fourth-order valence-corrected chi connectivity index (χ4v) is 2.74. The first-order chi connectivity index (χ1) is 9.70. The van der Waals surface area contributed by atoms with Gasteiger partial charge in [0.25, 0.3) is 0 Å². The molecular weight excluding hydrogens is 252 g/mol. The standard InChI is InChI=1S/C16H34N2O2/c1-5-20-11-6-9-17-13-14(2)18(10-12-19-4)15(3)16-7-8-16/h14-17H,5-13H2,1-4H3. The van der Waals surface area contributed by atoms with Crippen LogP contribution in [0.3, 0.4) is 0 Å². The van der Waals surface area contributed by atoms with E-state index in [4.69, 9.17) is 9.47 Å². The number of hydrogen-bond acceptors (Lipinski definition) is 4. The van der Waals surface area contributed by atoms with Crippen molar-refractivity contribution in [2.45, 2.75) is 52.1 Å². The summed E-state index contributed by atoms with van der Waals surface area (Å²) in [5, 5.41) is 3.55.